The molecule has 0 aliphatic carbocycles. The Morgan fingerprint density at radius 1 is 1.29 bits per heavy atom. The number of likely N-dealkylation sites (N-methyl/N-ethyl adjacent to an activating group) is 1. The average molecular weight is 405 g/mol. The average Bonchev–Trinajstić information content (AvgIpc) is 2.82. The molecule has 0 fully saturated rings. The van der Waals surface area contributed by atoms with Crippen molar-refractivity contribution < 1.29 is 9.66 Å². The van der Waals surface area contributed by atoms with Gasteiger partial charge in [0.2, 0.25) is 0 Å². The minimum absolute atomic E-state index is 0.0912. The molecule has 2 aromatic carbocycles. The summed E-state index contributed by atoms with van der Waals surface area (Å²) in [4.78, 5) is 13.6. The number of hydrogen-bond donors (Lipinski definition) is 0. The van der Waals surface area contributed by atoms with E-state index in [0.29, 0.717) is 0 Å². The van der Waals surface area contributed by atoms with Crippen LogP contribution >= 0.6 is 27.7 Å². The summed E-state index contributed by atoms with van der Waals surface area (Å²) < 4.78 is 7.37. The fourth-order valence-electron chi connectivity index (χ4n) is 3.06. The van der Waals surface area contributed by atoms with Crippen molar-refractivity contribution in [1.29, 1.82) is 0 Å². The number of nitro benzene ring substituents is 1. The quantitative estimate of drug-likeness (QED) is 0.491. The number of nitro groups is 1. The predicted octanol–water partition coefficient (Wildman–Crippen LogP) is 5.05. The minimum Gasteiger partial charge on any atom is -0.454 e. The van der Waals surface area contributed by atoms with Crippen molar-refractivity contribution >= 4 is 45.1 Å². The number of anilines is 1. The lowest BCUT2D eigenvalue weighted by Crippen LogP contribution is -2.48. The molecular formula is C17H13BrN2O3S. The van der Waals surface area contributed by atoms with Gasteiger partial charge in [0.15, 0.2) is 0 Å². The molecule has 24 heavy (non-hydrogen) atoms. The molecule has 2 aliphatic heterocycles. The first-order valence-electron chi connectivity index (χ1n) is 7.29. The fourth-order valence-corrected chi connectivity index (χ4v) is 4.82. The van der Waals surface area contributed by atoms with Crippen LogP contribution in [0.15, 0.2) is 51.3 Å². The maximum Gasteiger partial charge on any atom is 0.270 e. The Labute approximate surface area is 151 Å². The highest BCUT2D eigenvalue weighted by Gasteiger charge is 2.49. The highest BCUT2D eigenvalue weighted by atomic mass is 79.9. The summed E-state index contributed by atoms with van der Waals surface area (Å²) in [6.07, 6.45) is 2.10. The lowest BCUT2D eigenvalue weighted by molar-refractivity contribution is -0.385. The largest absolute Gasteiger partial charge is 0.454 e. The van der Waals surface area contributed by atoms with Gasteiger partial charge in [-0.2, -0.15) is 0 Å². The molecule has 0 bridgehead atoms. The van der Waals surface area contributed by atoms with Gasteiger partial charge in [0.25, 0.3) is 10.7 Å². The van der Waals surface area contributed by atoms with Crippen molar-refractivity contribution in [1.82, 2.24) is 0 Å². The monoisotopic (exact) mass is 404 g/mol. The normalized spacial score (nSPS) is 21.1. The van der Waals surface area contributed by atoms with Gasteiger partial charge < -0.3 is 9.64 Å². The molecule has 2 aliphatic rings. The second-order valence-corrected chi connectivity index (χ2v) is 7.88. The van der Waals surface area contributed by atoms with Crippen molar-refractivity contribution in [2.75, 3.05) is 11.9 Å². The molecule has 2 heterocycles. The van der Waals surface area contributed by atoms with Crippen molar-refractivity contribution in [3.8, 4) is 5.75 Å². The van der Waals surface area contributed by atoms with Gasteiger partial charge in [0, 0.05) is 39.7 Å². The van der Waals surface area contributed by atoms with E-state index >= 15 is 0 Å². The third-order valence-electron chi connectivity index (χ3n) is 4.30. The van der Waals surface area contributed by atoms with Gasteiger partial charge in [-0.3, -0.25) is 10.1 Å². The first kappa shape index (κ1) is 15.5. The fraction of sp³-hybridized carbons (Fsp3) is 0.176. The van der Waals surface area contributed by atoms with Gasteiger partial charge in [0.05, 0.1) is 10.6 Å². The molecule has 0 aromatic heterocycles. The molecule has 0 saturated carbocycles. The van der Waals surface area contributed by atoms with Crippen LogP contribution in [-0.4, -0.2) is 17.0 Å². The van der Waals surface area contributed by atoms with E-state index in [0.717, 1.165) is 31.9 Å². The maximum absolute atomic E-state index is 11.0. The number of benzene rings is 2. The van der Waals surface area contributed by atoms with E-state index in [-0.39, 0.29) is 10.6 Å². The molecule has 2 aromatic rings. The Morgan fingerprint density at radius 3 is 2.83 bits per heavy atom. The summed E-state index contributed by atoms with van der Waals surface area (Å²) in [5, 5.41) is 10.3. The molecule has 0 saturated heterocycles. The second kappa shape index (κ2) is 5.26. The van der Waals surface area contributed by atoms with Crippen molar-refractivity contribution in [3.05, 3.63) is 62.1 Å². The van der Waals surface area contributed by atoms with Crippen molar-refractivity contribution in [2.45, 2.75) is 16.9 Å². The predicted molar refractivity (Wildman–Crippen MR) is 98.5 cm³/mol. The molecule has 122 valence electrons. The topological polar surface area (TPSA) is 55.6 Å². The van der Waals surface area contributed by atoms with Gasteiger partial charge in [0.1, 0.15) is 5.75 Å². The van der Waals surface area contributed by atoms with E-state index in [1.54, 1.807) is 12.1 Å². The number of rotatable bonds is 1. The first-order valence-corrected chi connectivity index (χ1v) is 8.90. The van der Waals surface area contributed by atoms with E-state index in [1.165, 1.54) is 17.8 Å². The minimum atomic E-state index is -0.710. The Balaban J connectivity index is 1.80. The number of thioether (sulfide) groups is 1. The van der Waals surface area contributed by atoms with Crippen LogP contribution in [0.2, 0.25) is 0 Å². The Bertz CT molecular complexity index is 915. The van der Waals surface area contributed by atoms with Crippen molar-refractivity contribution in [2.24, 2.45) is 0 Å². The summed E-state index contributed by atoms with van der Waals surface area (Å²) in [5.74, 6) is 0.797. The van der Waals surface area contributed by atoms with Crippen molar-refractivity contribution in [3.63, 3.8) is 0 Å². The number of ether oxygens (including phenoxy) is 1. The van der Waals surface area contributed by atoms with E-state index in [2.05, 4.69) is 22.0 Å². The molecule has 1 unspecified atom stereocenters. The van der Waals surface area contributed by atoms with Gasteiger partial charge in [-0.15, -0.1) is 0 Å². The third kappa shape index (κ3) is 2.15. The summed E-state index contributed by atoms with van der Waals surface area (Å²) in [6, 6.07) is 10.8. The first-order chi connectivity index (χ1) is 11.4. The van der Waals surface area contributed by atoms with E-state index < -0.39 is 5.06 Å². The number of halogens is 1. The SMILES string of the molecule is CC1=Cc2cc(Br)ccc2OC12Sc1cc([N+](=O)[O-])ccc1N2C. The highest BCUT2D eigenvalue weighted by Crippen LogP contribution is 2.56. The lowest BCUT2D eigenvalue weighted by atomic mass is 10.1. The smallest absolute Gasteiger partial charge is 0.270 e. The third-order valence-corrected chi connectivity index (χ3v) is 6.29. The van der Waals surface area contributed by atoms with E-state index in [4.69, 9.17) is 4.74 Å². The molecular weight excluding hydrogens is 392 g/mol. The van der Waals surface area contributed by atoms with Crippen LogP contribution in [0, 0.1) is 10.1 Å². The van der Waals surface area contributed by atoms with Crippen LogP contribution in [0.3, 0.4) is 0 Å². The molecule has 7 heteroatoms. The Hall–Kier alpha value is -1.99. The number of hydrogen-bond acceptors (Lipinski definition) is 5. The van der Waals surface area contributed by atoms with Gasteiger partial charge in [-0.25, -0.2) is 0 Å². The van der Waals surface area contributed by atoms with E-state index in [9.17, 15) is 10.1 Å². The summed E-state index contributed by atoms with van der Waals surface area (Å²) in [7, 11) is 1.95. The number of nitrogens with zero attached hydrogens (tertiary/aromatic N) is 2. The molecule has 0 amide bonds. The molecule has 1 atom stereocenters. The highest BCUT2D eigenvalue weighted by molar-refractivity contribution is 9.10. The van der Waals surface area contributed by atoms with Gasteiger partial charge >= 0.3 is 0 Å². The standard InChI is InChI=1S/C17H13BrN2O3S/c1-10-7-11-8-12(18)3-6-15(11)23-17(10)19(2)14-5-4-13(20(21)22)9-16(14)24-17/h3-9H,1-2H3. The lowest BCUT2D eigenvalue weighted by Gasteiger charge is -2.40. The van der Waals surface area contributed by atoms with Gasteiger partial charge in [-0.1, -0.05) is 15.9 Å². The summed E-state index contributed by atoms with van der Waals surface area (Å²) in [6.45, 7) is 2.02. The number of non-ortho nitro benzene ring substituents is 1. The summed E-state index contributed by atoms with van der Waals surface area (Å²) >= 11 is 4.97. The van der Waals surface area contributed by atoms with Crippen LogP contribution in [0.5, 0.6) is 5.75 Å². The molecule has 1 spiro atoms. The molecule has 0 radical (unpaired) electrons. The molecule has 0 N–H and O–H groups in total. The zero-order chi connectivity index (χ0) is 17.1. The Kier molecular flexibility index (Phi) is 3.40. The number of fused-ring (bicyclic) bond motifs is 2. The van der Waals surface area contributed by atoms with Crippen LogP contribution in [0.1, 0.15) is 12.5 Å². The van der Waals surface area contributed by atoms with Gasteiger partial charge in [-0.05, 0) is 49.0 Å². The van der Waals surface area contributed by atoms with Crippen LogP contribution in [0.4, 0.5) is 11.4 Å². The van der Waals surface area contributed by atoms with Crippen LogP contribution in [0.25, 0.3) is 6.08 Å². The van der Waals surface area contributed by atoms with E-state index in [1.807, 2.05) is 37.1 Å². The zero-order valence-electron chi connectivity index (χ0n) is 12.9. The van der Waals surface area contributed by atoms with Crippen LogP contribution in [-0.2, 0) is 0 Å². The zero-order valence-corrected chi connectivity index (χ0v) is 15.3. The Morgan fingerprint density at radius 2 is 2.08 bits per heavy atom. The molecule has 5 nitrogen and oxygen atoms in total. The molecule has 4 rings (SSSR count). The maximum atomic E-state index is 11.0. The van der Waals surface area contributed by atoms with Crippen LogP contribution < -0.4 is 9.64 Å². The second-order valence-electron chi connectivity index (χ2n) is 5.76. The summed E-state index contributed by atoms with van der Waals surface area (Å²) in [5.41, 5.74) is 3.08.